The number of nitrogens with zero attached hydrogens (tertiary/aromatic N) is 3. The van der Waals surface area contributed by atoms with Crippen molar-refractivity contribution in [2.75, 3.05) is 32.7 Å². The van der Waals surface area contributed by atoms with Gasteiger partial charge in [0.2, 0.25) is 5.91 Å². The quantitative estimate of drug-likeness (QED) is 0.923. The van der Waals surface area contributed by atoms with E-state index in [1.165, 1.54) is 12.8 Å². The van der Waals surface area contributed by atoms with Gasteiger partial charge in [-0.15, -0.1) is 0 Å². The van der Waals surface area contributed by atoms with Crippen molar-refractivity contribution in [3.8, 4) is 0 Å². The molecule has 0 radical (unpaired) electrons. The largest absolute Gasteiger partial charge is 0.385 e. The van der Waals surface area contributed by atoms with Crippen molar-refractivity contribution in [2.24, 2.45) is 0 Å². The van der Waals surface area contributed by atoms with Gasteiger partial charge in [0.15, 0.2) is 0 Å². The van der Waals surface area contributed by atoms with Crippen LogP contribution in [0.25, 0.3) is 0 Å². The van der Waals surface area contributed by atoms with Crippen molar-refractivity contribution in [1.29, 1.82) is 0 Å². The summed E-state index contributed by atoms with van der Waals surface area (Å²) < 4.78 is 0. The molecule has 1 aromatic heterocycles. The molecule has 0 aliphatic carbocycles. The molecule has 1 aromatic rings. The first-order chi connectivity index (χ1) is 11.2. The molecule has 2 fully saturated rings. The first-order valence-electron chi connectivity index (χ1n) is 8.80. The Bertz CT molecular complexity index is 504. The minimum Gasteiger partial charge on any atom is -0.385 e. The number of likely N-dealkylation sites (tertiary alicyclic amines) is 2. The summed E-state index contributed by atoms with van der Waals surface area (Å²) in [5.74, 6) is 0.249. The standard InChI is InChI=1S/C18H27N3O2/c22-17(21-10-3-1-2-4-11-21)15-20-12-7-18(23,8-13-20)16-6-5-9-19-14-16/h5-6,9,14,23H,1-4,7-8,10-13,15H2. The van der Waals surface area contributed by atoms with E-state index in [0.717, 1.165) is 44.6 Å². The van der Waals surface area contributed by atoms with Gasteiger partial charge in [-0.2, -0.15) is 0 Å². The number of aliphatic hydroxyl groups is 1. The van der Waals surface area contributed by atoms with Gasteiger partial charge in [-0.05, 0) is 31.7 Å². The summed E-state index contributed by atoms with van der Waals surface area (Å²) in [7, 11) is 0. The molecule has 5 nitrogen and oxygen atoms in total. The summed E-state index contributed by atoms with van der Waals surface area (Å²) in [6.45, 7) is 3.82. The number of piperidine rings is 1. The highest BCUT2D eigenvalue weighted by Gasteiger charge is 2.34. The molecule has 2 aliphatic rings. The first-order valence-corrected chi connectivity index (χ1v) is 8.80. The van der Waals surface area contributed by atoms with Crippen molar-refractivity contribution >= 4 is 5.91 Å². The molecular formula is C18H27N3O2. The monoisotopic (exact) mass is 317 g/mol. The zero-order chi connectivity index (χ0) is 16.1. The van der Waals surface area contributed by atoms with E-state index in [-0.39, 0.29) is 5.91 Å². The molecule has 0 atom stereocenters. The van der Waals surface area contributed by atoms with Crippen LogP contribution in [0.5, 0.6) is 0 Å². The Balaban J connectivity index is 1.52. The van der Waals surface area contributed by atoms with Crippen molar-refractivity contribution in [1.82, 2.24) is 14.8 Å². The van der Waals surface area contributed by atoms with Gasteiger partial charge < -0.3 is 10.0 Å². The van der Waals surface area contributed by atoms with E-state index in [4.69, 9.17) is 0 Å². The normalized spacial score (nSPS) is 22.6. The Morgan fingerprint density at radius 3 is 2.43 bits per heavy atom. The van der Waals surface area contributed by atoms with Crippen LogP contribution in [0.15, 0.2) is 24.5 Å². The number of hydrogen-bond acceptors (Lipinski definition) is 4. The lowest BCUT2D eigenvalue weighted by Crippen LogP contribution is -2.47. The highest BCUT2D eigenvalue weighted by atomic mass is 16.3. The zero-order valence-electron chi connectivity index (χ0n) is 13.8. The first kappa shape index (κ1) is 16.4. The molecule has 0 saturated carbocycles. The van der Waals surface area contributed by atoms with Crippen LogP contribution in [0.4, 0.5) is 0 Å². The molecule has 0 spiro atoms. The molecule has 1 amide bonds. The minimum atomic E-state index is -0.795. The number of aromatic nitrogens is 1. The summed E-state index contributed by atoms with van der Waals surface area (Å²) in [6.07, 6.45) is 9.54. The van der Waals surface area contributed by atoms with Crippen LogP contribution in [0, 0.1) is 0 Å². The second-order valence-corrected chi connectivity index (χ2v) is 6.84. The number of carbonyl (C=O) groups excluding carboxylic acids is 1. The Morgan fingerprint density at radius 1 is 1.13 bits per heavy atom. The SMILES string of the molecule is O=C(CN1CCC(O)(c2cccnc2)CC1)N1CCCCCC1. The van der Waals surface area contributed by atoms with Gasteiger partial charge in [0.05, 0.1) is 12.1 Å². The zero-order valence-corrected chi connectivity index (χ0v) is 13.8. The van der Waals surface area contributed by atoms with E-state index >= 15 is 0 Å². The fraction of sp³-hybridized carbons (Fsp3) is 0.667. The maximum atomic E-state index is 12.5. The van der Waals surface area contributed by atoms with E-state index < -0.39 is 5.60 Å². The number of amides is 1. The second-order valence-electron chi connectivity index (χ2n) is 6.84. The summed E-state index contributed by atoms with van der Waals surface area (Å²) in [4.78, 5) is 20.8. The van der Waals surface area contributed by atoms with Gasteiger partial charge in [0.1, 0.15) is 0 Å². The van der Waals surface area contributed by atoms with Gasteiger partial charge in [-0.25, -0.2) is 0 Å². The maximum Gasteiger partial charge on any atom is 0.236 e. The van der Waals surface area contributed by atoms with E-state index in [1.807, 2.05) is 17.0 Å². The summed E-state index contributed by atoms with van der Waals surface area (Å²) >= 11 is 0. The third-order valence-corrected chi connectivity index (χ3v) is 5.20. The van der Waals surface area contributed by atoms with Crippen molar-refractivity contribution in [3.63, 3.8) is 0 Å². The van der Waals surface area contributed by atoms with Crippen LogP contribution in [0.1, 0.15) is 44.1 Å². The van der Waals surface area contributed by atoms with E-state index in [2.05, 4.69) is 9.88 Å². The molecule has 0 unspecified atom stereocenters. The number of pyridine rings is 1. The molecular weight excluding hydrogens is 290 g/mol. The molecule has 3 heterocycles. The van der Waals surface area contributed by atoms with E-state index in [1.54, 1.807) is 12.4 Å². The Morgan fingerprint density at radius 2 is 1.83 bits per heavy atom. The second kappa shape index (κ2) is 7.41. The number of carbonyl (C=O) groups is 1. The summed E-state index contributed by atoms with van der Waals surface area (Å²) in [6, 6.07) is 3.80. The number of hydrogen-bond donors (Lipinski definition) is 1. The van der Waals surface area contributed by atoms with Gasteiger partial charge in [0.25, 0.3) is 0 Å². The molecule has 5 heteroatoms. The Labute approximate surface area is 138 Å². The molecule has 0 bridgehead atoms. The van der Waals surface area contributed by atoms with Crippen LogP contribution < -0.4 is 0 Å². The molecule has 1 N–H and O–H groups in total. The van der Waals surface area contributed by atoms with Crippen LogP contribution in [-0.4, -0.2) is 58.5 Å². The predicted molar refractivity (Wildman–Crippen MR) is 88.9 cm³/mol. The maximum absolute atomic E-state index is 12.5. The Hall–Kier alpha value is -1.46. The topological polar surface area (TPSA) is 56.7 Å². The fourth-order valence-electron chi connectivity index (χ4n) is 3.62. The van der Waals surface area contributed by atoms with E-state index in [0.29, 0.717) is 19.4 Å². The minimum absolute atomic E-state index is 0.249. The van der Waals surface area contributed by atoms with Gasteiger partial charge in [-0.1, -0.05) is 18.9 Å². The van der Waals surface area contributed by atoms with Crippen LogP contribution in [0.2, 0.25) is 0 Å². The fourth-order valence-corrected chi connectivity index (χ4v) is 3.62. The van der Waals surface area contributed by atoms with Crippen LogP contribution >= 0.6 is 0 Å². The lowest BCUT2D eigenvalue weighted by molar-refractivity contribution is -0.133. The average molecular weight is 317 g/mol. The molecule has 2 aliphatic heterocycles. The summed E-state index contributed by atoms with van der Waals surface area (Å²) in [5, 5.41) is 10.8. The third kappa shape index (κ3) is 4.09. The molecule has 23 heavy (non-hydrogen) atoms. The lowest BCUT2D eigenvalue weighted by atomic mass is 9.85. The van der Waals surface area contributed by atoms with Gasteiger partial charge in [-0.3, -0.25) is 14.7 Å². The highest BCUT2D eigenvalue weighted by Crippen LogP contribution is 2.32. The van der Waals surface area contributed by atoms with Gasteiger partial charge in [0, 0.05) is 44.1 Å². The van der Waals surface area contributed by atoms with E-state index in [9.17, 15) is 9.90 Å². The third-order valence-electron chi connectivity index (χ3n) is 5.20. The Kier molecular flexibility index (Phi) is 5.28. The predicted octanol–water partition coefficient (Wildman–Crippen LogP) is 1.77. The average Bonchev–Trinajstić information content (AvgIpc) is 2.87. The van der Waals surface area contributed by atoms with Crippen LogP contribution in [0.3, 0.4) is 0 Å². The van der Waals surface area contributed by atoms with Crippen LogP contribution in [-0.2, 0) is 10.4 Å². The molecule has 0 aromatic carbocycles. The lowest BCUT2D eigenvalue weighted by Gasteiger charge is -2.38. The van der Waals surface area contributed by atoms with Crippen molar-refractivity contribution < 1.29 is 9.90 Å². The number of rotatable bonds is 3. The van der Waals surface area contributed by atoms with Crippen molar-refractivity contribution in [3.05, 3.63) is 30.1 Å². The highest BCUT2D eigenvalue weighted by molar-refractivity contribution is 5.78. The summed E-state index contributed by atoms with van der Waals surface area (Å²) in [5.41, 5.74) is 0.0923. The van der Waals surface area contributed by atoms with Crippen molar-refractivity contribution in [2.45, 2.75) is 44.1 Å². The molecule has 3 rings (SSSR count). The van der Waals surface area contributed by atoms with Gasteiger partial charge >= 0.3 is 0 Å². The smallest absolute Gasteiger partial charge is 0.236 e. The molecule has 126 valence electrons. The molecule has 2 saturated heterocycles.